The van der Waals surface area contributed by atoms with Crippen LogP contribution in [0.5, 0.6) is 0 Å². The lowest BCUT2D eigenvalue weighted by Gasteiger charge is -2.08. The minimum Gasteiger partial charge on any atom is -0.480 e. The Morgan fingerprint density at radius 2 is 1.62 bits per heavy atom. The first-order valence-electron chi connectivity index (χ1n) is 7.30. The molecule has 0 aliphatic rings. The van der Waals surface area contributed by atoms with Crippen LogP contribution >= 0.6 is 0 Å². The maximum absolute atomic E-state index is 12.2. The molecule has 26 heavy (non-hydrogen) atoms. The monoisotopic (exact) mass is 380 g/mol. The van der Waals surface area contributed by atoms with E-state index >= 15 is 0 Å². The molecule has 0 fully saturated rings. The molecule has 2 aromatic rings. The van der Waals surface area contributed by atoms with Crippen molar-refractivity contribution >= 4 is 27.6 Å². The predicted molar refractivity (Wildman–Crippen MR) is 91.1 cm³/mol. The van der Waals surface area contributed by atoms with Crippen molar-refractivity contribution in [1.82, 2.24) is 4.72 Å². The summed E-state index contributed by atoms with van der Waals surface area (Å²) in [5.74, 6) is -1.70. The van der Waals surface area contributed by atoms with Crippen LogP contribution in [0.2, 0.25) is 0 Å². The normalized spacial score (nSPS) is 11.1. The summed E-state index contributed by atoms with van der Waals surface area (Å²) in [4.78, 5) is 26.5. The molecule has 138 valence electrons. The first kappa shape index (κ1) is 19.5. The Bertz CT molecular complexity index is 878. The first-order chi connectivity index (χ1) is 12.3. The number of hydrogen-bond donors (Lipinski definition) is 4. The van der Waals surface area contributed by atoms with E-state index in [-0.39, 0.29) is 11.5 Å². The summed E-state index contributed by atoms with van der Waals surface area (Å²) in [5, 5.41) is 19.5. The van der Waals surface area contributed by atoms with Crippen LogP contribution in [0.15, 0.2) is 53.4 Å². The highest BCUT2D eigenvalue weighted by atomic mass is 32.2. The zero-order chi connectivity index (χ0) is 19.2. The van der Waals surface area contributed by atoms with Gasteiger partial charge in [-0.25, -0.2) is 13.3 Å². The van der Waals surface area contributed by atoms with Crippen LogP contribution in [0.25, 0.3) is 0 Å². The van der Waals surface area contributed by atoms with E-state index in [0.29, 0.717) is 16.8 Å². The lowest BCUT2D eigenvalue weighted by molar-refractivity contribution is -0.253. The van der Waals surface area contributed by atoms with E-state index in [4.69, 9.17) is 10.4 Å². The molecular formula is C16H16N2O7S. The van der Waals surface area contributed by atoms with Gasteiger partial charge in [-0.2, -0.15) is 4.72 Å². The molecule has 0 aliphatic carbocycles. The van der Waals surface area contributed by atoms with Gasteiger partial charge >= 0.3 is 5.97 Å². The van der Waals surface area contributed by atoms with Gasteiger partial charge in [-0.05, 0) is 42.0 Å². The molecule has 0 aliphatic heterocycles. The van der Waals surface area contributed by atoms with Crippen LogP contribution in [0, 0.1) is 0 Å². The first-order valence-corrected chi connectivity index (χ1v) is 8.78. The second kappa shape index (κ2) is 8.54. The third-order valence-electron chi connectivity index (χ3n) is 3.28. The van der Waals surface area contributed by atoms with Crippen LogP contribution in [-0.2, 0) is 26.3 Å². The van der Waals surface area contributed by atoms with E-state index in [1.54, 1.807) is 24.3 Å². The molecule has 4 N–H and O–H groups in total. The number of anilines is 1. The standard InChI is InChI=1S/C16H16N2O7S/c19-15(20)9-17-26(23,24)14-7-5-13(6-8-14)18-16(21)12-3-1-11(2-4-12)10-25-22/h1-8,17,22H,9-10H2,(H,18,21)(H,19,20). The molecule has 2 aromatic carbocycles. The quantitative estimate of drug-likeness (QED) is 0.399. The number of carboxylic acids is 1. The fraction of sp³-hybridized carbons (Fsp3) is 0.125. The fourth-order valence-corrected chi connectivity index (χ4v) is 2.96. The van der Waals surface area contributed by atoms with Crippen molar-refractivity contribution in [1.29, 1.82) is 0 Å². The van der Waals surface area contributed by atoms with Gasteiger partial charge in [0.1, 0.15) is 13.2 Å². The van der Waals surface area contributed by atoms with Gasteiger partial charge in [-0.15, -0.1) is 0 Å². The van der Waals surface area contributed by atoms with Crippen LogP contribution in [-0.4, -0.2) is 37.2 Å². The van der Waals surface area contributed by atoms with Gasteiger partial charge in [0.2, 0.25) is 10.0 Å². The summed E-state index contributed by atoms with van der Waals surface area (Å²) < 4.78 is 25.7. The molecule has 0 unspecified atom stereocenters. The number of sulfonamides is 1. The van der Waals surface area contributed by atoms with E-state index in [1.165, 1.54) is 24.3 Å². The van der Waals surface area contributed by atoms with Gasteiger partial charge in [-0.1, -0.05) is 12.1 Å². The van der Waals surface area contributed by atoms with Gasteiger partial charge in [0.05, 0.1) is 4.90 Å². The molecule has 0 bridgehead atoms. The predicted octanol–water partition coefficient (Wildman–Crippen LogP) is 1.29. The lowest BCUT2D eigenvalue weighted by atomic mass is 10.1. The van der Waals surface area contributed by atoms with Crippen LogP contribution in [0.4, 0.5) is 5.69 Å². The Morgan fingerprint density at radius 3 is 2.15 bits per heavy atom. The molecule has 0 saturated heterocycles. The summed E-state index contributed by atoms with van der Waals surface area (Å²) in [7, 11) is -3.94. The van der Waals surface area contributed by atoms with Crippen molar-refractivity contribution in [3.8, 4) is 0 Å². The lowest BCUT2D eigenvalue weighted by Crippen LogP contribution is -2.29. The third kappa shape index (κ3) is 5.36. The highest BCUT2D eigenvalue weighted by molar-refractivity contribution is 7.89. The number of amides is 1. The van der Waals surface area contributed by atoms with Crippen LogP contribution < -0.4 is 10.0 Å². The zero-order valence-corrected chi connectivity index (χ0v) is 14.2. The number of carbonyl (C=O) groups excluding carboxylic acids is 1. The Balaban J connectivity index is 2.04. The number of carbonyl (C=O) groups is 2. The van der Waals surface area contributed by atoms with Crippen molar-refractivity contribution in [3.63, 3.8) is 0 Å². The average molecular weight is 380 g/mol. The number of aliphatic carboxylic acids is 1. The summed E-state index contributed by atoms with van der Waals surface area (Å²) >= 11 is 0. The molecular weight excluding hydrogens is 364 g/mol. The SMILES string of the molecule is O=C(O)CNS(=O)(=O)c1ccc(NC(=O)c2ccc(COO)cc2)cc1. The van der Waals surface area contributed by atoms with Crippen molar-refractivity contribution in [3.05, 3.63) is 59.7 Å². The van der Waals surface area contributed by atoms with Gasteiger partial charge < -0.3 is 10.4 Å². The Hall–Kier alpha value is -2.79. The van der Waals surface area contributed by atoms with E-state index in [9.17, 15) is 18.0 Å². The maximum atomic E-state index is 12.2. The largest absolute Gasteiger partial charge is 0.480 e. The number of carboxylic acid groups (broad SMARTS) is 1. The second-order valence-corrected chi connectivity index (χ2v) is 6.93. The molecule has 0 aromatic heterocycles. The number of hydrogen-bond acceptors (Lipinski definition) is 6. The van der Waals surface area contributed by atoms with E-state index in [2.05, 4.69) is 10.2 Å². The molecule has 0 radical (unpaired) electrons. The second-order valence-electron chi connectivity index (χ2n) is 5.17. The maximum Gasteiger partial charge on any atom is 0.318 e. The average Bonchev–Trinajstić information content (AvgIpc) is 2.61. The fourth-order valence-electron chi connectivity index (χ4n) is 1.99. The molecule has 9 nitrogen and oxygen atoms in total. The molecule has 0 spiro atoms. The summed E-state index contributed by atoms with van der Waals surface area (Å²) in [6.45, 7) is -0.716. The number of nitrogens with one attached hydrogen (secondary N) is 2. The van der Waals surface area contributed by atoms with Gasteiger partial charge in [0.25, 0.3) is 5.91 Å². The zero-order valence-electron chi connectivity index (χ0n) is 13.4. The number of rotatable bonds is 8. The van der Waals surface area contributed by atoms with Gasteiger partial charge in [0.15, 0.2) is 0 Å². The van der Waals surface area contributed by atoms with Crippen molar-refractivity contribution in [2.24, 2.45) is 0 Å². The van der Waals surface area contributed by atoms with Crippen molar-refractivity contribution in [2.75, 3.05) is 11.9 Å². The minimum absolute atomic E-state index is 0.00769. The number of benzene rings is 2. The van der Waals surface area contributed by atoms with E-state index in [1.807, 2.05) is 4.72 Å². The van der Waals surface area contributed by atoms with Gasteiger partial charge in [0, 0.05) is 11.3 Å². The van der Waals surface area contributed by atoms with Crippen LogP contribution in [0.1, 0.15) is 15.9 Å². The smallest absolute Gasteiger partial charge is 0.318 e. The molecule has 2 rings (SSSR count). The summed E-state index contributed by atoms with van der Waals surface area (Å²) in [6.07, 6.45) is 0. The van der Waals surface area contributed by atoms with E-state index < -0.39 is 28.4 Å². The van der Waals surface area contributed by atoms with Crippen LogP contribution in [0.3, 0.4) is 0 Å². The summed E-state index contributed by atoms with van der Waals surface area (Å²) in [5.41, 5.74) is 1.42. The summed E-state index contributed by atoms with van der Waals surface area (Å²) in [6, 6.07) is 11.6. The molecule has 1 amide bonds. The van der Waals surface area contributed by atoms with E-state index in [0.717, 1.165) is 0 Å². The van der Waals surface area contributed by atoms with Gasteiger partial charge in [-0.3, -0.25) is 14.8 Å². The highest BCUT2D eigenvalue weighted by Gasteiger charge is 2.15. The third-order valence-corrected chi connectivity index (χ3v) is 4.70. The topological polar surface area (TPSA) is 142 Å². The van der Waals surface area contributed by atoms with Crippen molar-refractivity contribution in [2.45, 2.75) is 11.5 Å². The Kier molecular flexibility index (Phi) is 6.41. The Morgan fingerprint density at radius 1 is 1.00 bits per heavy atom. The molecule has 0 atom stereocenters. The van der Waals surface area contributed by atoms with Crippen molar-refractivity contribution < 1.29 is 33.3 Å². The minimum atomic E-state index is -3.94. The Labute approximate surface area is 149 Å². The molecule has 0 heterocycles. The molecule has 0 saturated carbocycles. The highest BCUT2D eigenvalue weighted by Crippen LogP contribution is 2.15. The molecule has 10 heteroatoms.